The molecule has 9 heteroatoms. The highest BCUT2D eigenvalue weighted by Gasteiger charge is 2.28. The second-order valence-corrected chi connectivity index (χ2v) is 7.99. The monoisotopic (exact) mass is 449 g/mol. The Morgan fingerprint density at radius 3 is 2.76 bits per heavy atom. The third-order valence-electron chi connectivity index (χ3n) is 5.68. The fourth-order valence-electron chi connectivity index (χ4n) is 4.01. The number of para-hydroxylation sites is 3. The molecule has 0 saturated carbocycles. The van der Waals surface area contributed by atoms with Crippen molar-refractivity contribution in [3.63, 3.8) is 0 Å². The zero-order valence-corrected chi connectivity index (χ0v) is 18.6. The number of nitrogens with one attached hydrogen (secondary N) is 3. The van der Waals surface area contributed by atoms with E-state index in [1.807, 2.05) is 35.8 Å². The van der Waals surface area contributed by atoms with E-state index in [4.69, 9.17) is 9.72 Å². The number of nitrogens with zero attached hydrogens (tertiary/aromatic N) is 2. The molecule has 2 aromatic carbocycles. The van der Waals surface area contributed by atoms with E-state index in [1.54, 1.807) is 31.4 Å². The Morgan fingerprint density at radius 2 is 1.94 bits per heavy atom. The first kappa shape index (κ1) is 22.5. The summed E-state index contributed by atoms with van der Waals surface area (Å²) in [5, 5.41) is 8.43. The van der Waals surface area contributed by atoms with Crippen LogP contribution in [0.1, 0.15) is 42.0 Å². The molecule has 1 aromatic heterocycles. The van der Waals surface area contributed by atoms with Crippen LogP contribution in [-0.2, 0) is 20.9 Å². The van der Waals surface area contributed by atoms with Crippen molar-refractivity contribution >= 4 is 34.4 Å². The van der Waals surface area contributed by atoms with Crippen molar-refractivity contribution < 1.29 is 19.1 Å². The first-order chi connectivity index (χ1) is 16.0. The van der Waals surface area contributed by atoms with E-state index in [0.717, 1.165) is 16.9 Å². The Bertz CT molecular complexity index is 1190. The normalized spacial score (nSPS) is 16.5. The zero-order valence-electron chi connectivity index (χ0n) is 18.6. The summed E-state index contributed by atoms with van der Waals surface area (Å²) < 4.78 is 7.27. The van der Waals surface area contributed by atoms with Gasteiger partial charge in [0.05, 0.1) is 34.9 Å². The van der Waals surface area contributed by atoms with Crippen LogP contribution in [0.25, 0.3) is 11.0 Å². The predicted molar refractivity (Wildman–Crippen MR) is 124 cm³/mol. The first-order valence-electron chi connectivity index (χ1n) is 10.9. The standard InChI is InChI=1S/C24H27N5O4/c1-15(22-26-18-9-5-6-10-20(18)29(22)13-14-33-2)25-21(30)12-11-19-24(32)27-17-8-4-3-7-16(17)23(31)28-19/h3-10,15,19H,11-14H2,1-2H3,(H,25,30)(H,27,32)(H,28,31)/t15-,19+/m0/s1. The highest BCUT2D eigenvalue weighted by atomic mass is 16.5. The quantitative estimate of drug-likeness (QED) is 0.489. The predicted octanol–water partition coefficient (Wildman–Crippen LogP) is 2.39. The molecule has 9 nitrogen and oxygen atoms in total. The van der Waals surface area contributed by atoms with Crippen LogP contribution in [0.4, 0.5) is 5.69 Å². The molecule has 3 amide bonds. The number of aromatic nitrogens is 2. The molecule has 2 atom stereocenters. The van der Waals surface area contributed by atoms with Crippen molar-refractivity contribution in [3.05, 3.63) is 59.9 Å². The van der Waals surface area contributed by atoms with Crippen molar-refractivity contribution in [1.82, 2.24) is 20.2 Å². The van der Waals surface area contributed by atoms with Gasteiger partial charge in [-0.2, -0.15) is 0 Å². The van der Waals surface area contributed by atoms with E-state index in [-0.39, 0.29) is 36.6 Å². The lowest BCUT2D eigenvalue weighted by Crippen LogP contribution is -2.42. The average Bonchev–Trinajstić information content (AvgIpc) is 3.13. The zero-order chi connectivity index (χ0) is 23.4. The first-order valence-corrected chi connectivity index (χ1v) is 10.9. The van der Waals surface area contributed by atoms with Gasteiger partial charge in [0.15, 0.2) is 0 Å². The number of ether oxygens (including phenoxy) is 1. The average molecular weight is 450 g/mol. The lowest BCUT2D eigenvalue weighted by atomic mass is 10.1. The molecular formula is C24H27N5O4. The van der Waals surface area contributed by atoms with Crippen molar-refractivity contribution in [2.24, 2.45) is 0 Å². The molecular weight excluding hydrogens is 422 g/mol. The Hall–Kier alpha value is -3.72. The summed E-state index contributed by atoms with van der Waals surface area (Å²) in [5.41, 5.74) is 2.70. The van der Waals surface area contributed by atoms with Crippen LogP contribution >= 0.6 is 0 Å². The van der Waals surface area contributed by atoms with Crippen LogP contribution < -0.4 is 16.0 Å². The SMILES string of the molecule is COCCn1c([C@H](C)NC(=O)CC[C@H]2NC(=O)c3ccccc3NC2=O)nc2ccccc21. The number of carbonyl (C=O) groups is 3. The molecule has 0 spiro atoms. The highest BCUT2D eigenvalue weighted by molar-refractivity contribution is 6.09. The number of imidazole rings is 1. The van der Waals surface area contributed by atoms with E-state index in [1.165, 1.54) is 0 Å². The van der Waals surface area contributed by atoms with Crippen LogP contribution in [0.5, 0.6) is 0 Å². The molecule has 1 aliphatic rings. The van der Waals surface area contributed by atoms with Gasteiger partial charge in [0.2, 0.25) is 11.8 Å². The van der Waals surface area contributed by atoms with E-state index >= 15 is 0 Å². The number of carbonyl (C=O) groups excluding carboxylic acids is 3. The lowest BCUT2D eigenvalue weighted by Gasteiger charge is -2.18. The molecule has 0 saturated heterocycles. The molecule has 0 aliphatic carbocycles. The number of amides is 3. The minimum Gasteiger partial charge on any atom is -0.383 e. The van der Waals surface area contributed by atoms with E-state index in [9.17, 15) is 14.4 Å². The number of rotatable bonds is 8. The Balaban J connectivity index is 1.40. The van der Waals surface area contributed by atoms with Crippen molar-refractivity contribution in [3.8, 4) is 0 Å². The third-order valence-corrected chi connectivity index (χ3v) is 5.68. The van der Waals surface area contributed by atoms with Gasteiger partial charge < -0.3 is 25.3 Å². The largest absolute Gasteiger partial charge is 0.383 e. The minimum absolute atomic E-state index is 0.0807. The van der Waals surface area contributed by atoms with Gasteiger partial charge in [-0.1, -0.05) is 24.3 Å². The van der Waals surface area contributed by atoms with Crippen LogP contribution in [0.3, 0.4) is 0 Å². The third kappa shape index (κ3) is 4.88. The van der Waals surface area contributed by atoms with Crippen LogP contribution in [0.15, 0.2) is 48.5 Å². The molecule has 33 heavy (non-hydrogen) atoms. The molecule has 1 aliphatic heterocycles. The van der Waals surface area contributed by atoms with Gasteiger partial charge in [0, 0.05) is 20.1 Å². The Labute approximate surface area is 191 Å². The van der Waals surface area contributed by atoms with Crippen LogP contribution in [0.2, 0.25) is 0 Å². The van der Waals surface area contributed by atoms with E-state index < -0.39 is 6.04 Å². The second kappa shape index (κ2) is 9.83. The molecule has 4 rings (SSSR count). The van der Waals surface area contributed by atoms with Gasteiger partial charge >= 0.3 is 0 Å². The number of hydrogen-bond acceptors (Lipinski definition) is 5. The van der Waals surface area contributed by atoms with Gasteiger partial charge in [0.1, 0.15) is 11.9 Å². The molecule has 172 valence electrons. The van der Waals surface area contributed by atoms with E-state index in [2.05, 4.69) is 16.0 Å². The van der Waals surface area contributed by atoms with Gasteiger partial charge in [-0.25, -0.2) is 4.98 Å². The van der Waals surface area contributed by atoms with Gasteiger partial charge in [-0.15, -0.1) is 0 Å². The molecule has 3 N–H and O–H groups in total. The number of hydrogen-bond donors (Lipinski definition) is 3. The highest BCUT2D eigenvalue weighted by Crippen LogP contribution is 2.22. The summed E-state index contributed by atoms with van der Waals surface area (Å²) in [6.07, 6.45) is 0.265. The van der Waals surface area contributed by atoms with Gasteiger partial charge in [0.25, 0.3) is 5.91 Å². The maximum Gasteiger partial charge on any atom is 0.254 e. The molecule has 3 aromatic rings. The van der Waals surface area contributed by atoms with Crippen LogP contribution in [-0.4, -0.2) is 47.0 Å². The number of fused-ring (bicyclic) bond motifs is 2. The minimum atomic E-state index is -0.794. The van der Waals surface area contributed by atoms with Gasteiger partial charge in [-0.05, 0) is 37.6 Å². The molecule has 0 unspecified atom stereocenters. The van der Waals surface area contributed by atoms with Gasteiger partial charge in [-0.3, -0.25) is 14.4 Å². The second-order valence-electron chi connectivity index (χ2n) is 7.99. The summed E-state index contributed by atoms with van der Waals surface area (Å²) in [6.45, 7) is 3.01. The maximum atomic E-state index is 12.7. The number of methoxy groups -OCH3 is 1. The maximum absolute atomic E-state index is 12.7. The molecule has 0 radical (unpaired) electrons. The Kier molecular flexibility index (Phi) is 6.69. The summed E-state index contributed by atoms with van der Waals surface area (Å²) in [5.74, 6) is -0.167. The smallest absolute Gasteiger partial charge is 0.254 e. The molecule has 0 fully saturated rings. The summed E-state index contributed by atoms with van der Waals surface area (Å²) in [4.78, 5) is 42.4. The number of anilines is 1. The van der Waals surface area contributed by atoms with Crippen molar-refractivity contribution in [1.29, 1.82) is 0 Å². The molecule has 0 bridgehead atoms. The summed E-state index contributed by atoms with van der Waals surface area (Å²) >= 11 is 0. The van der Waals surface area contributed by atoms with Crippen molar-refractivity contribution in [2.75, 3.05) is 19.0 Å². The topological polar surface area (TPSA) is 114 Å². The van der Waals surface area contributed by atoms with Crippen molar-refractivity contribution in [2.45, 2.75) is 38.4 Å². The summed E-state index contributed by atoms with van der Waals surface area (Å²) in [6, 6.07) is 13.5. The lowest BCUT2D eigenvalue weighted by molar-refractivity contribution is -0.122. The molecule has 2 heterocycles. The fourth-order valence-corrected chi connectivity index (χ4v) is 4.01. The number of benzene rings is 2. The summed E-state index contributed by atoms with van der Waals surface area (Å²) in [7, 11) is 1.64. The Morgan fingerprint density at radius 1 is 1.18 bits per heavy atom. The fraction of sp³-hybridized carbons (Fsp3) is 0.333. The van der Waals surface area contributed by atoms with Crippen LogP contribution in [0, 0.1) is 0 Å². The van der Waals surface area contributed by atoms with E-state index in [0.29, 0.717) is 24.4 Å².